The van der Waals surface area contributed by atoms with E-state index in [2.05, 4.69) is 5.32 Å². The summed E-state index contributed by atoms with van der Waals surface area (Å²) in [6.45, 7) is -0.0837. The van der Waals surface area contributed by atoms with Crippen LogP contribution in [0.5, 0.6) is 5.75 Å². The van der Waals surface area contributed by atoms with Gasteiger partial charge in [-0.1, -0.05) is 12.1 Å². The van der Waals surface area contributed by atoms with Crippen LogP contribution < -0.4 is 10.1 Å². The van der Waals surface area contributed by atoms with E-state index in [0.717, 1.165) is 5.56 Å². The van der Waals surface area contributed by atoms with Crippen molar-refractivity contribution in [1.29, 1.82) is 0 Å². The topological polar surface area (TPSA) is 116 Å². The second kappa shape index (κ2) is 7.49. The first-order valence-corrected chi connectivity index (χ1v) is 7.26. The van der Waals surface area contributed by atoms with Gasteiger partial charge in [-0.3, -0.25) is 14.4 Å². The standard InChI is InChI=1S/C16H18N2O6/c1-24-11-4-2-10(3-5-11)9-18-7-6-12(19)14(16(18)23)15(22)17-8-13(20)21/h2-5,19H,6-9H2,1H3,(H,17,22)(H,20,21). The van der Waals surface area contributed by atoms with Crippen molar-refractivity contribution in [3.63, 3.8) is 0 Å². The molecule has 0 aromatic heterocycles. The molecule has 128 valence electrons. The molecule has 8 nitrogen and oxygen atoms in total. The van der Waals surface area contributed by atoms with Gasteiger partial charge in [0.1, 0.15) is 23.6 Å². The molecule has 2 amide bonds. The largest absolute Gasteiger partial charge is 0.511 e. The van der Waals surface area contributed by atoms with E-state index in [4.69, 9.17) is 9.84 Å². The highest BCUT2D eigenvalue weighted by atomic mass is 16.5. The van der Waals surface area contributed by atoms with Gasteiger partial charge in [0.25, 0.3) is 11.8 Å². The van der Waals surface area contributed by atoms with Gasteiger partial charge >= 0.3 is 5.97 Å². The van der Waals surface area contributed by atoms with E-state index in [-0.39, 0.29) is 25.3 Å². The highest BCUT2D eigenvalue weighted by Gasteiger charge is 2.32. The van der Waals surface area contributed by atoms with E-state index in [1.54, 1.807) is 31.4 Å². The summed E-state index contributed by atoms with van der Waals surface area (Å²) >= 11 is 0. The molecular formula is C16H18N2O6. The Balaban J connectivity index is 2.09. The molecule has 0 saturated heterocycles. The maximum absolute atomic E-state index is 12.4. The smallest absolute Gasteiger partial charge is 0.322 e. The molecule has 0 atom stereocenters. The van der Waals surface area contributed by atoms with Gasteiger partial charge in [0.2, 0.25) is 0 Å². The normalized spacial score (nSPS) is 14.5. The highest BCUT2D eigenvalue weighted by molar-refractivity contribution is 6.19. The van der Waals surface area contributed by atoms with E-state index in [9.17, 15) is 19.5 Å². The molecule has 3 N–H and O–H groups in total. The Kier molecular flexibility index (Phi) is 5.41. The van der Waals surface area contributed by atoms with E-state index < -0.39 is 29.9 Å². The molecule has 8 heteroatoms. The average molecular weight is 334 g/mol. The molecule has 1 heterocycles. The first-order chi connectivity index (χ1) is 11.4. The van der Waals surface area contributed by atoms with Crippen LogP contribution in [0, 0.1) is 0 Å². The molecule has 1 aromatic carbocycles. The summed E-state index contributed by atoms with van der Waals surface area (Å²) in [5.74, 6) is -2.39. The fourth-order valence-electron chi connectivity index (χ4n) is 2.32. The first kappa shape index (κ1) is 17.3. The summed E-state index contributed by atoms with van der Waals surface area (Å²) in [7, 11) is 1.55. The van der Waals surface area contributed by atoms with E-state index in [1.165, 1.54) is 4.90 Å². The predicted molar refractivity (Wildman–Crippen MR) is 83.3 cm³/mol. The molecule has 0 fully saturated rings. The molecule has 0 bridgehead atoms. The van der Waals surface area contributed by atoms with Gasteiger partial charge in [-0.2, -0.15) is 0 Å². The Morgan fingerprint density at radius 2 is 1.96 bits per heavy atom. The van der Waals surface area contributed by atoms with Gasteiger partial charge in [-0.25, -0.2) is 0 Å². The quantitative estimate of drug-likeness (QED) is 0.650. The summed E-state index contributed by atoms with van der Waals surface area (Å²) < 4.78 is 5.07. The van der Waals surface area contributed by atoms with Crippen LogP contribution in [0.3, 0.4) is 0 Å². The van der Waals surface area contributed by atoms with Crippen molar-refractivity contribution in [3.8, 4) is 5.75 Å². The Morgan fingerprint density at radius 1 is 1.29 bits per heavy atom. The van der Waals surface area contributed by atoms with Gasteiger partial charge in [0.15, 0.2) is 0 Å². The SMILES string of the molecule is COc1ccc(CN2CCC(O)=C(C(=O)NCC(=O)O)C2=O)cc1. The Hall–Kier alpha value is -3.03. The van der Waals surface area contributed by atoms with E-state index in [1.807, 2.05) is 0 Å². The zero-order valence-corrected chi connectivity index (χ0v) is 13.1. The number of benzene rings is 1. The minimum atomic E-state index is -1.23. The lowest BCUT2D eigenvalue weighted by molar-refractivity contribution is -0.138. The molecule has 1 aromatic rings. The lowest BCUT2D eigenvalue weighted by Crippen LogP contribution is -2.43. The van der Waals surface area contributed by atoms with E-state index in [0.29, 0.717) is 5.75 Å². The second-order valence-electron chi connectivity index (χ2n) is 5.22. The van der Waals surface area contributed by atoms with Crippen molar-refractivity contribution in [1.82, 2.24) is 10.2 Å². The van der Waals surface area contributed by atoms with Crippen LogP contribution in [0.2, 0.25) is 0 Å². The molecule has 0 spiro atoms. The number of carboxylic acids is 1. The Morgan fingerprint density at radius 3 is 2.54 bits per heavy atom. The Bertz CT molecular complexity index is 680. The number of nitrogens with zero attached hydrogens (tertiary/aromatic N) is 1. The molecular weight excluding hydrogens is 316 g/mol. The number of hydrogen-bond donors (Lipinski definition) is 3. The molecule has 0 unspecified atom stereocenters. The van der Waals surface area contributed by atoms with Crippen LogP contribution in [0.1, 0.15) is 12.0 Å². The molecule has 0 saturated carbocycles. The highest BCUT2D eigenvalue weighted by Crippen LogP contribution is 2.20. The van der Waals surface area contributed by atoms with Crippen LogP contribution in [0.4, 0.5) is 0 Å². The van der Waals surface area contributed by atoms with Gasteiger partial charge in [0.05, 0.1) is 7.11 Å². The van der Waals surface area contributed by atoms with Crippen molar-refractivity contribution >= 4 is 17.8 Å². The number of carbonyl (C=O) groups is 3. The molecule has 1 aliphatic heterocycles. The molecule has 2 rings (SSSR count). The lowest BCUT2D eigenvalue weighted by atomic mass is 10.0. The number of methoxy groups -OCH3 is 1. The van der Waals surface area contributed by atoms with Crippen molar-refractivity contribution in [3.05, 3.63) is 41.2 Å². The van der Waals surface area contributed by atoms with Crippen molar-refractivity contribution in [2.24, 2.45) is 0 Å². The average Bonchev–Trinajstić information content (AvgIpc) is 2.56. The number of amides is 2. The minimum absolute atomic E-state index is 0.137. The number of hydrogen-bond acceptors (Lipinski definition) is 5. The van der Waals surface area contributed by atoms with Crippen LogP contribution >= 0.6 is 0 Å². The van der Waals surface area contributed by atoms with E-state index >= 15 is 0 Å². The number of aliphatic hydroxyl groups excluding tert-OH is 1. The van der Waals surface area contributed by atoms with Crippen molar-refractivity contribution in [2.45, 2.75) is 13.0 Å². The number of ether oxygens (including phenoxy) is 1. The third-order valence-electron chi connectivity index (χ3n) is 3.57. The zero-order valence-electron chi connectivity index (χ0n) is 13.1. The van der Waals surface area contributed by atoms with Crippen molar-refractivity contribution in [2.75, 3.05) is 20.2 Å². The maximum Gasteiger partial charge on any atom is 0.322 e. The van der Waals surface area contributed by atoms with Crippen LogP contribution in [0.15, 0.2) is 35.6 Å². The van der Waals surface area contributed by atoms with Gasteiger partial charge in [-0.15, -0.1) is 0 Å². The van der Waals surface area contributed by atoms with Crippen molar-refractivity contribution < 1.29 is 29.3 Å². The number of carbonyl (C=O) groups excluding carboxylic acids is 2. The zero-order chi connectivity index (χ0) is 17.7. The predicted octanol–water partition coefficient (Wildman–Crippen LogP) is 0.440. The number of aliphatic carboxylic acids is 1. The second-order valence-corrected chi connectivity index (χ2v) is 5.22. The van der Waals surface area contributed by atoms with Crippen LogP contribution in [-0.4, -0.2) is 53.1 Å². The molecule has 0 aliphatic carbocycles. The summed E-state index contributed by atoms with van der Waals surface area (Å²) in [5, 5.41) is 20.5. The van der Waals surface area contributed by atoms with Crippen LogP contribution in [0.25, 0.3) is 0 Å². The van der Waals surface area contributed by atoms with Gasteiger partial charge in [0, 0.05) is 19.5 Å². The number of carboxylic acid groups (broad SMARTS) is 1. The minimum Gasteiger partial charge on any atom is -0.511 e. The number of nitrogens with one attached hydrogen (secondary N) is 1. The fraction of sp³-hybridized carbons (Fsp3) is 0.312. The lowest BCUT2D eigenvalue weighted by Gasteiger charge is -2.28. The first-order valence-electron chi connectivity index (χ1n) is 7.26. The van der Waals surface area contributed by atoms with Gasteiger partial charge in [-0.05, 0) is 17.7 Å². The third kappa shape index (κ3) is 4.03. The monoisotopic (exact) mass is 334 g/mol. The van der Waals surface area contributed by atoms with Gasteiger partial charge < -0.3 is 25.2 Å². The third-order valence-corrected chi connectivity index (χ3v) is 3.57. The molecule has 24 heavy (non-hydrogen) atoms. The fourth-order valence-corrected chi connectivity index (χ4v) is 2.32. The number of rotatable bonds is 6. The number of aliphatic hydroxyl groups is 1. The molecule has 0 radical (unpaired) electrons. The summed E-state index contributed by atoms with van der Waals surface area (Å²) in [6.07, 6.45) is 0.137. The van der Waals surface area contributed by atoms with Crippen LogP contribution in [-0.2, 0) is 20.9 Å². The Labute approximate surface area is 138 Å². The molecule has 1 aliphatic rings. The summed E-state index contributed by atoms with van der Waals surface area (Å²) in [6, 6.07) is 7.12. The summed E-state index contributed by atoms with van der Waals surface area (Å²) in [4.78, 5) is 36.3. The summed E-state index contributed by atoms with van der Waals surface area (Å²) in [5.41, 5.74) is 0.437. The maximum atomic E-state index is 12.4.